The number of amides is 2. The summed E-state index contributed by atoms with van der Waals surface area (Å²) in [5.41, 5.74) is 0.313. The van der Waals surface area contributed by atoms with Crippen LogP contribution in [-0.2, 0) is 16.8 Å². The molecule has 0 bridgehead atoms. The minimum atomic E-state index is -5.40. The number of carbonyl (C=O) groups excluding carboxylic acids is 2. The second-order valence-corrected chi connectivity index (χ2v) is 10.9. The maximum absolute atomic E-state index is 14.7. The van der Waals surface area contributed by atoms with E-state index in [1.807, 2.05) is 0 Å². The van der Waals surface area contributed by atoms with Gasteiger partial charge in [-0.05, 0) is 44.0 Å². The third-order valence-corrected chi connectivity index (χ3v) is 7.69. The number of pyridine rings is 1. The second kappa shape index (κ2) is 12.2. The van der Waals surface area contributed by atoms with E-state index in [2.05, 4.69) is 15.4 Å². The molecule has 1 aliphatic carbocycles. The van der Waals surface area contributed by atoms with Crippen molar-refractivity contribution in [2.24, 2.45) is 5.73 Å². The minimum Gasteiger partial charge on any atom is -0.494 e. The van der Waals surface area contributed by atoms with Gasteiger partial charge in [-0.3, -0.25) is 14.3 Å². The fourth-order valence-corrected chi connectivity index (χ4v) is 5.09. The fraction of sp³-hybridized carbons (Fsp3) is 0.333. The van der Waals surface area contributed by atoms with Crippen molar-refractivity contribution in [3.63, 3.8) is 0 Å². The highest BCUT2D eigenvalue weighted by Crippen LogP contribution is 2.43. The Bertz CT molecular complexity index is 1790. The molecule has 2 aromatic carbocycles. The first-order valence-electron chi connectivity index (χ1n) is 13.8. The van der Waals surface area contributed by atoms with E-state index in [0.29, 0.717) is 10.9 Å². The van der Waals surface area contributed by atoms with Crippen molar-refractivity contribution < 1.29 is 41.7 Å². The Morgan fingerprint density at radius 1 is 1.22 bits per heavy atom. The number of carbonyl (C=O) groups is 2. The van der Waals surface area contributed by atoms with Crippen LogP contribution in [0.4, 0.5) is 17.6 Å². The molecule has 1 fully saturated rings. The predicted molar refractivity (Wildman–Crippen MR) is 156 cm³/mol. The molecule has 0 spiro atoms. The van der Waals surface area contributed by atoms with Gasteiger partial charge in [0.05, 0.1) is 43.4 Å². The van der Waals surface area contributed by atoms with Crippen LogP contribution in [0.1, 0.15) is 47.4 Å². The first kappa shape index (κ1) is 32.0. The van der Waals surface area contributed by atoms with E-state index < -0.39 is 53.1 Å². The lowest BCUT2D eigenvalue weighted by molar-refractivity contribution is -0.265. The van der Waals surface area contributed by atoms with Gasteiger partial charge in [-0.25, -0.2) is 9.37 Å². The topological polar surface area (TPSA) is 142 Å². The van der Waals surface area contributed by atoms with Crippen LogP contribution in [0, 0.1) is 5.82 Å². The highest BCUT2D eigenvalue weighted by Gasteiger charge is 2.57. The molecule has 1 atom stereocenters. The third-order valence-electron chi connectivity index (χ3n) is 7.30. The van der Waals surface area contributed by atoms with E-state index in [9.17, 15) is 32.3 Å². The summed E-state index contributed by atoms with van der Waals surface area (Å²) in [5.74, 6) is -2.71. The van der Waals surface area contributed by atoms with Gasteiger partial charge in [-0.15, -0.1) is 0 Å². The van der Waals surface area contributed by atoms with Crippen molar-refractivity contribution in [1.29, 1.82) is 0 Å². The number of benzene rings is 2. The van der Waals surface area contributed by atoms with Crippen LogP contribution in [0.25, 0.3) is 22.2 Å². The lowest BCUT2D eigenvalue weighted by atomic mass is 9.93. The molecule has 4 N–H and O–H groups in total. The molecule has 10 nitrogen and oxygen atoms in total. The lowest BCUT2D eigenvalue weighted by Gasteiger charge is -2.31. The standard InChI is InChI=1S/C30H28ClF4N5O5/c1-3-45-27-15(12-23(36)41)11-22(38-26(27)19-5-4-6-20(32)24(19)31)29(43,30(33,34)35)14-37-28(42)16-9-17-13-40(18-7-8-18)39-25(17)21(10-16)44-2/h4-6,9-11,13,18,43H,3,7-8,12,14H2,1-2H3,(H2,36,41)(H,37,42)/t29-/m0/s1. The zero-order valence-corrected chi connectivity index (χ0v) is 24.8. The van der Waals surface area contributed by atoms with Crippen LogP contribution >= 0.6 is 11.6 Å². The van der Waals surface area contributed by atoms with Crippen LogP contribution in [0.15, 0.2) is 42.6 Å². The number of alkyl halides is 3. The van der Waals surface area contributed by atoms with E-state index in [4.69, 9.17) is 26.8 Å². The van der Waals surface area contributed by atoms with Gasteiger partial charge in [-0.2, -0.15) is 18.3 Å². The Morgan fingerprint density at radius 3 is 2.58 bits per heavy atom. The van der Waals surface area contributed by atoms with Crippen LogP contribution in [0.5, 0.6) is 11.5 Å². The van der Waals surface area contributed by atoms with Gasteiger partial charge in [0.25, 0.3) is 5.91 Å². The van der Waals surface area contributed by atoms with Gasteiger partial charge < -0.3 is 25.6 Å². The zero-order valence-electron chi connectivity index (χ0n) is 24.0. The van der Waals surface area contributed by atoms with E-state index in [0.717, 1.165) is 25.0 Å². The summed E-state index contributed by atoms with van der Waals surface area (Å²) in [6.45, 7) is 0.174. The SMILES string of the molecule is CCOc1c(CC(N)=O)cc([C@@](O)(CNC(=O)c2cc(OC)c3nn(C4CC4)cc3c2)C(F)(F)F)nc1-c1cccc(F)c1Cl. The first-order chi connectivity index (χ1) is 21.3. The zero-order chi connectivity index (χ0) is 32.7. The molecule has 238 valence electrons. The van der Waals surface area contributed by atoms with Crippen molar-refractivity contribution in [3.05, 3.63) is 70.3 Å². The Balaban J connectivity index is 1.57. The third kappa shape index (κ3) is 6.25. The number of methoxy groups -OCH3 is 1. The number of fused-ring (bicyclic) bond motifs is 1. The molecule has 0 saturated heterocycles. The summed E-state index contributed by atoms with van der Waals surface area (Å²) in [4.78, 5) is 29.2. The van der Waals surface area contributed by atoms with Crippen molar-refractivity contribution in [2.75, 3.05) is 20.3 Å². The molecule has 2 amide bonds. The second-order valence-electron chi connectivity index (χ2n) is 10.5. The fourth-order valence-electron chi connectivity index (χ4n) is 4.87. The van der Waals surface area contributed by atoms with Gasteiger partial charge in [0.2, 0.25) is 11.5 Å². The summed E-state index contributed by atoms with van der Waals surface area (Å²) in [6, 6.07) is 7.41. The van der Waals surface area contributed by atoms with E-state index in [1.165, 1.54) is 31.4 Å². The molecule has 45 heavy (non-hydrogen) atoms. The highest BCUT2D eigenvalue weighted by atomic mass is 35.5. The number of halogens is 5. The molecule has 2 aromatic heterocycles. The van der Waals surface area contributed by atoms with Gasteiger partial charge in [0.15, 0.2) is 0 Å². The van der Waals surface area contributed by atoms with Crippen LogP contribution in [0.2, 0.25) is 5.02 Å². The predicted octanol–water partition coefficient (Wildman–Crippen LogP) is 4.84. The van der Waals surface area contributed by atoms with Gasteiger partial charge in [-0.1, -0.05) is 23.7 Å². The maximum atomic E-state index is 14.7. The number of aromatic nitrogens is 3. The largest absolute Gasteiger partial charge is 0.494 e. The van der Waals surface area contributed by atoms with Crippen LogP contribution in [0.3, 0.4) is 0 Å². The Hall–Kier alpha value is -4.43. The molecular formula is C30H28ClF4N5O5. The number of primary amides is 1. The summed E-state index contributed by atoms with van der Waals surface area (Å²) < 4.78 is 71.2. The van der Waals surface area contributed by atoms with Gasteiger partial charge in [0, 0.05) is 28.3 Å². The Kier molecular flexibility index (Phi) is 8.64. The Morgan fingerprint density at radius 2 is 1.96 bits per heavy atom. The summed E-state index contributed by atoms with van der Waals surface area (Å²) >= 11 is 6.15. The van der Waals surface area contributed by atoms with E-state index in [-0.39, 0.29) is 46.5 Å². The smallest absolute Gasteiger partial charge is 0.424 e. The molecule has 15 heteroatoms. The number of hydrogen-bond acceptors (Lipinski definition) is 7. The van der Waals surface area contributed by atoms with E-state index in [1.54, 1.807) is 17.8 Å². The average molecular weight is 650 g/mol. The van der Waals surface area contributed by atoms with Gasteiger partial charge in [0.1, 0.15) is 28.5 Å². The Labute approximate surface area is 259 Å². The summed E-state index contributed by atoms with van der Waals surface area (Å²) in [7, 11) is 1.37. The monoisotopic (exact) mass is 649 g/mol. The van der Waals surface area contributed by atoms with Crippen LogP contribution < -0.4 is 20.5 Å². The molecule has 4 aromatic rings. The number of rotatable bonds is 11. The molecule has 1 saturated carbocycles. The van der Waals surface area contributed by atoms with Gasteiger partial charge >= 0.3 is 6.18 Å². The number of ether oxygens (including phenoxy) is 2. The number of nitrogens with one attached hydrogen (secondary N) is 1. The molecule has 1 aliphatic rings. The van der Waals surface area contributed by atoms with E-state index >= 15 is 0 Å². The summed E-state index contributed by atoms with van der Waals surface area (Å²) in [5, 5.41) is 17.9. The number of nitrogens with zero attached hydrogens (tertiary/aromatic N) is 3. The number of aliphatic hydroxyl groups is 1. The average Bonchev–Trinajstić information content (AvgIpc) is 3.75. The molecule has 0 radical (unpaired) electrons. The number of hydrogen-bond donors (Lipinski definition) is 3. The van der Waals surface area contributed by atoms with Crippen molar-refractivity contribution in [1.82, 2.24) is 20.1 Å². The summed E-state index contributed by atoms with van der Waals surface area (Å²) in [6.07, 6.45) is -2.39. The lowest BCUT2D eigenvalue weighted by Crippen LogP contribution is -2.51. The first-order valence-corrected chi connectivity index (χ1v) is 14.2. The normalized spacial score (nSPS) is 14.7. The maximum Gasteiger partial charge on any atom is 0.424 e. The molecule has 0 unspecified atom stereocenters. The quantitative estimate of drug-likeness (QED) is 0.198. The highest BCUT2D eigenvalue weighted by molar-refractivity contribution is 6.33. The van der Waals surface area contributed by atoms with Crippen molar-refractivity contribution in [2.45, 2.75) is 44.0 Å². The van der Waals surface area contributed by atoms with Crippen molar-refractivity contribution in [3.8, 4) is 22.8 Å². The molecule has 5 rings (SSSR count). The number of nitrogens with two attached hydrogens (primary N) is 1. The molecular weight excluding hydrogens is 622 g/mol. The molecule has 2 heterocycles. The minimum absolute atomic E-state index is 0.0142. The van der Waals surface area contributed by atoms with Crippen molar-refractivity contribution >= 4 is 34.3 Å². The van der Waals surface area contributed by atoms with Crippen LogP contribution in [-0.4, -0.2) is 58.1 Å². The molecule has 0 aliphatic heterocycles.